The number of carbonyl (C=O) groups is 1. The van der Waals surface area contributed by atoms with Gasteiger partial charge in [-0.05, 0) is 6.42 Å². The highest BCUT2D eigenvalue weighted by Crippen LogP contribution is 2.03. The molecule has 16 heavy (non-hydrogen) atoms. The molecule has 1 rings (SSSR count). The van der Waals surface area contributed by atoms with E-state index in [4.69, 9.17) is 5.73 Å². The SMILES string of the molecule is CCCCN(CCN)C(=O)c1cncnc1. The predicted molar refractivity (Wildman–Crippen MR) is 61.9 cm³/mol. The molecular formula is C11H18N4O. The van der Waals surface area contributed by atoms with Crippen molar-refractivity contribution in [2.45, 2.75) is 19.8 Å². The third-order valence-corrected chi connectivity index (χ3v) is 2.28. The molecule has 5 nitrogen and oxygen atoms in total. The van der Waals surface area contributed by atoms with Crippen LogP contribution in [-0.4, -0.2) is 40.4 Å². The van der Waals surface area contributed by atoms with Crippen LogP contribution in [0.5, 0.6) is 0 Å². The van der Waals surface area contributed by atoms with Crippen LogP contribution >= 0.6 is 0 Å². The molecule has 0 aliphatic heterocycles. The van der Waals surface area contributed by atoms with Crippen LogP contribution in [-0.2, 0) is 0 Å². The molecule has 1 heterocycles. The third kappa shape index (κ3) is 3.58. The Morgan fingerprint density at radius 3 is 2.62 bits per heavy atom. The molecule has 0 saturated carbocycles. The van der Waals surface area contributed by atoms with Crippen molar-refractivity contribution in [1.82, 2.24) is 14.9 Å². The standard InChI is InChI=1S/C11H18N4O/c1-2-3-5-15(6-4-12)11(16)10-7-13-9-14-8-10/h7-9H,2-6,12H2,1H3. The molecule has 88 valence electrons. The third-order valence-electron chi connectivity index (χ3n) is 2.28. The van der Waals surface area contributed by atoms with Crippen LogP contribution in [0.15, 0.2) is 18.7 Å². The fraction of sp³-hybridized carbons (Fsp3) is 0.545. The maximum Gasteiger partial charge on any atom is 0.257 e. The van der Waals surface area contributed by atoms with Crippen molar-refractivity contribution in [3.8, 4) is 0 Å². The molecule has 0 spiro atoms. The molecule has 0 fully saturated rings. The number of hydrogen-bond acceptors (Lipinski definition) is 4. The Labute approximate surface area is 95.7 Å². The lowest BCUT2D eigenvalue weighted by Crippen LogP contribution is -2.36. The number of amides is 1. The van der Waals surface area contributed by atoms with Gasteiger partial charge >= 0.3 is 0 Å². The van der Waals surface area contributed by atoms with E-state index in [1.54, 1.807) is 4.90 Å². The van der Waals surface area contributed by atoms with E-state index in [-0.39, 0.29) is 5.91 Å². The minimum Gasteiger partial charge on any atom is -0.337 e. The zero-order valence-electron chi connectivity index (χ0n) is 9.59. The molecule has 5 heteroatoms. The fourth-order valence-electron chi connectivity index (χ4n) is 1.41. The van der Waals surface area contributed by atoms with Gasteiger partial charge in [-0.1, -0.05) is 13.3 Å². The van der Waals surface area contributed by atoms with Gasteiger partial charge in [-0.2, -0.15) is 0 Å². The Morgan fingerprint density at radius 2 is 2.06 bits per heavy atom. The molecule has 0 saturated heterocycles. The number of rotatable bonds is 6. The average molecular weight is 222 g/mol. The minimum atomic E-state index is -0.0421. The van der Waals surface area contributed by atoms with Gasteiger partial charge in [-0.3, -0.25) is 4.79 Å². The van der Waals surface area contributed by atoms with E-state index >= 15 is 0 Å². The summed E-state index contributed by atoms with van der Waals surface area (Å²) >= 11 is 0. The van der Waals surface area contributed by atoms with E-state index in [0.717, 1.165) is 19.4 Å². The highest BCUT2D eigenvalue weighted by Gasteiger charge is 2.14. The van der Waals surface area contributed by atoms with Crippen molar-refractivity contribution in [1.29, 1.82) is 0 Å². The summed E-state index contributed by atoms with van der Waals surface area (Å²) in [6, 6.07) is 0. The smallest absolute Gasteiger partial charge is 0.257 e. The van der Waals surface area contributed by atoms with Gasteiger partial charge in [0.1, 0.15) is 6.33 Å². The molecule has 0 aliphatic carbocycles. The molecular weight excluding hydrogens is 204 g/mol. The highest BCUT2D eigenvalue weighted by molar-refractivity contribution is 5.93. The first-order valence-corrected chi connectivity index (χ1v) is 5.54. The van der Waals surface area contributed by atoms with Gasteiger partial charge in [0.15, 0.2) is 0 Å². The maximum atomic E-state index is 12.0. The van der Waals surface area contributed by atoms with Crippen LogP contribution in [0.2, 0.25) is 0 Å². The molecule has 1 amide bonds. The van der Waals surface area contributed by atoms with Crippen molar-refractivity contribution in [3.63, 3.8) is 0 Å². The predicted octanol–water partition coefficient (Wildman–Crippen LogP) is 0.678. The lowest BCUT2D eigenvalue weighted by molar-refractivity contribution is 0.0757. The Kier molecular flexibility index (Phi) is 5.42. The Bertz CT molecular complexity index is 315. The maximum absolute atomic E-state index is 12.0. The van der Waals surface area contributed by atoms with Crippen LogP contribution in [0.1, 0.15) is 30.1 Å². The largest absolute Gasteiger partial charge is 0.337 e. The van der Waals surface area contributed by atoms with E-state index in [1.807, 2.05) is 0 Å². The van der Waals surface area contributed by atoms with Gasteiger partial charge in [0.2, 0.25) is 0 Å². The molecule has 0 radical (unpaired) electrons. The summed E-state index contributed by atoms with van der Waals surface area (Å²) in [5, 5.41) is 0. The van der Waals surface area contributed by atoms with Gasteiger partial charge < -0.3 is 10.6 Å². The molecule has 0 bridgehead atoms. The van der Waals surface area contributed by atoms with Gasteiger partial charge in [0.05, 0.1) is 5.56 Å². The van der Waals surface area contributed by atoms with Gasteiger partial charge in [0.25, 0.3) is 5.91 Å². The number of nitrogens with zero attached hydrogens (tertiary/aromatic N) is 3. The summed E-state index contributed by atoms with van der Waals surface area (Å²) in [6.07, 6.45) is 6.52. The molecule has 0 aromatic carbocycles. The Hall–Kier alpha value is -1.49. The monoisotopic (exact) mass is 222 g/mol. The molecule has 1 aromatic heterocycles. The average Bonchev–Trinajstić information content (AvgIpc) is 2.35. The number of carbonyl (C=O) groups excluding carboxylic acids is 1. The number of aromatic nitrogens is 2. The zero-order chi connectivity index (χ0) is 11.8. The van der Waals surface area contributed by atoms with Crippen LogP contribution in [0, 0.1) is 0 Å². The first-order valence-electron chi connectivity index (χ1n) is 5.54. The molecule has 0 aliphatic rings. The molecule has 1 aromatic rings. The summed E-state index contributed by atoms with van der Waals surface area (Å²) in [6.45, 7) is 3.88. The minimum absolute atomic E-state index is 0.0421. The van der Waals surface area contributed by atoms with Crippen LogP contribution in [0.25, 0.3) is 0 Å². The lowest BCUT2D eigenvalue weighted by atomic mass is 10.2. The first kappa shape index (κ1) is 12.6. The zero-order valence-corrected chi connectivity index (χ0v) is 9.59. The fourth-order valence-corrected chi connectivity index (χ4v) is 1.41. The van der Waals surface area contributed by atoms with E-state index in [0.29, 0.717) is 18.7 Å². The summed E-state index contributed by atoms with van der Waals surface area (Å²) in [7, 11) is 0. The summed E-state index contributed by atoms with van der Waals surface area (Å²) < 4.78 is 0. The van der Waals surface area contributed by atoms with Crippen LogP contribution in [0.4, 0.5) is 0 Å². The van der Waals surface area contributed by atoms with Crippen molar-refractivity contribution >= 4 is 5.91 Å². The quantitative estimate of drug-likeness (QED) is 0.768. The van der Waals surface area contributed by atoms with E-state index in [1.165, 1.54) is 18.7 Å². The molecule has 2 N–H and O–H groups in total. The second-order valence-corrected chi connectivity index (χ2v) is 3.56. The topological polar surface area (TPSA) is 72.1 Å². The van der Waals surface area contributed by atoms with Crippen molar-refractivity contribution in [2.75, 3.05) is 19.6 Å². The van der Waals surface area contributed by atoms with Crippen LogP contribution in [0.3, 0.4) is 0 Å². The van der Waals surface area contributed by atoms with Gasteiger partial charge in [-0.25, -0.2) is 9.97 Å². The van der Waals surface area contributed by atoms with Gasteiger partial charge in [-0.15, -0.1) is 0 Å². The Balaban J connectivity index is 2.67. The van der Waals surface area contributed by atoms with Gasteiger partial charge in [0, 0.05) is 32.0 Å². The first-order chi connectivity index (χ1) is 7.79. The summed E-state index contributed by atoms with van der Waals surface area (Å²) in [5.74, 6) is -0.0421. The van der Waals surface area contributed by atoms with E-state index < -0.39 is 0 Å². The summed E-state index contributed by atoms with van der Waals surface area (Å²) in [4.78, 5) is 21.5. The number of nitrogens with two attached hydrogens (primary N) is 1. The molecule has 0 atom stereocenters. The van der Waals surface area contributed by atoms with Crippen molar-refractivity contribution in [2.24, 2.45) is 5.73 Å². The van der Waals surface area contributed by atoms with Crippen LogP contribution < -0.4 is 5.73 Å². The lowest BCUT2D eigenvalue weighted by Gasteiger charge is -2.21. The second kappa shape index (κ2) is 6.90. The number of hydrogen-bond donors (Lipinski definition) is 1. The number of unbranched alkanes of at least 4 members (excludes halogenated alkanes) is 1. The van der Waals surface area contributed by atoms with Crippen molar-refractivity contribution in [3.05, 3.63) is 24.3 Å². The van der Waals surface area contributed by atoms with E-state index in [9.17, 15) is 4.79 Å². The molecule has 0 unspecified atom stereocenters. The normalized spacial score (nSPS) is 10.1. The van der Waals surface area contributed by atoms with E-state index in [2.05, 4.69) is 16.9 Å². The highest BCUT2D eigenvalue weighted by atomic mass is 16.2. The summed E-state index contributed by atoms with van der Waals surface area (Å²) in [5.41, 5.74) is 6.01. The second-order valence-electron chi connectivity index (χ2n) is 3.56. The Morgan fingerprint density at radius 1 is 1.38 bits per heavy atom. The van der Waals surface area contributed by atoms with Crippen molar-refractivity contribution < 1.29 is 4.79 Å².